The Hall–Kier alpha value is -0.0400. The second kappa shape index (κ2) is 7.32. The van der Waals surface area contributed by atoms with Crippen LogP contribution >= 0.6 is 0 Å². The van der Waals surface area contributed by atoms with Crippen LogP contribution in [0.15, 0.2) is 0 Å². The zero-order chi connectivity index (χ0) is 12.0. The van der Waals surface area contributed by atoms with Crippen molar-refractivity contribution >= 4 is 0 Å². The molecule has 0 aromatic carbocycles. The molecule has 3 unspecified atom stereocenters. The van der Waals surface area contributed by atoms with E-state index >= 15 is 0 Å². The van der Waals surface area contributed by atoms with Crippen molar-refractivity contribution in [3.63, 3.8) is 0 Å². The van der Waals surface area contributed by atoms with Gasteiger partial charge in [-0.25, -0.2) is 0 Å². The van der Waals surface area contributed by atoms with Gasteiger partial charge in [-0.1, -0.05) is 40.0 Å². The number of hydrogen-bond acceptors (Lipinski definition) is 1. The van der Waals surface area contributed by atoms with Gasteiger partial charge in [-0.2, -0.15) is 0 Å². The topological polar surface area (TPSA) is 12.0 Å². The van der Waals surface area contributed by atoms with Crippen LogP contribution in [0.4, 0.5) is 0 Å². The van der Waals surface area contributed by atoms with E-state index in [1.807, 2.05) is 0 Å². The minimum atomic E-state index is 0.716. The first-order valence-corrected chi connectivity index (χ1v) is 7.37. The highest BCUT2D eigenvalue weighted by Crippen LogP contribution is 2.29. The molecule has 0 aliphatic heterocycles. The van der Waals surface area contributed by atoms with E-state index in [2.05, 4.69) is 33.0 Å². The Kier molecular flexibility index (Phi) is 6.41. The summed E-state index contributed by atoms with van der Waals surface area (Å²) in [5.41, 5.74) is 0. The molecule has 0 amide bonds. The molecule has 1 aliphatic carbocycles. The van der Waals surface area contributed by atoms with Crippen LogP contribution in [0.3, 0.4) is 0 Å². The van der Waals surface area contributed by atoms with Gasteiger partial charge in [0, 0.05) is 12.1 Å². The van der Waals surface area contributed by atoms with Crippen molar-refractivity contribution in [2.24, 2.45) is 11.8 Å². The van der Waals surface area contributed by atoms with Gasteiger partial charge in [-0.05, 0) is 44.4 Å². The van der Waals surface area contributed by atoms with Gasteiger partial charge in [0.05, 0.1) is 0 Å². The molecule has 0 heterocycles. The van der Waals surface area contributed by atoms with E-state index in [9.17, 15) is 0 Å². The Balaban J connectivity index is 2.27. The molecule has 1 fully saturated rings. The van der Waals surface area contributed by atoms with E-state index in [4.69, 9.17) is 0 Å². The summed E-state index contributed by atoms with van der Waals surface area (Å²) in [6.07, 6.45) is 9.79. The molecule has 1 aliphatic rings. The fraction of sp³-hybridized carbons (Fsp3) is 1.00. The summed E-state index contributed by atoms with van der Waals surface area (Å²) in [5, 5.41) is 3.82. The molecule has 0 bridgehead atoms. The summed E-state index contributed by atoms with van der Waals surface area (Å²) in [7, 11) is 0. The Morgan fingerprint density at radius 2 is 1.94 bits per heavy atom. The van der Waals surface area contributed by atoms with Crippen LogP contribution in [0.25, 0.3) is 0 Å². The van der Waals surface area contributed by atoms with Gasteiger partial charge in [-0.3, -0.25) is 0 Å². The summed E-state index contributed by atoms with van der Waals surface area (Å²) in [5.74, 6) is 1.86. The van der Waals surface area contributed by atoms with E-state index in [1.54, 1.807) is 0 Å². The van der Waals surface area contributed by atoms with Gasteiger partial charge in [0.25, 0.3) is 0 Å². The van der Waals surface area contributed by atoms with Gasteiger partial charge >= 0.3 is 0 Å². The molecule has 1 nitrogen and oxygen atoms in total. The predicted octanol–water partition coefficient (Wildman–Crippen LogP) is 4.37. The third-order valence-electron chi connectivity index (χ3n) is 3.83. The zero-order valence-corrected chi connectivity index (χ0v) is 11.8. The summed E-state index contributed by atoms with van der Waals surface area (Å²) in [6.45, 7) is 9.34. The van der Waals surface area contributed by atoms with Crippen LogP contribution in [-0.4, -0.2) is 12.1 Å². The van der Waals surface area contributed by atoms with Crippen molar-refractivity contribution in [2.75, 3.05) is 0 Å². The molecule has 16 heavy (non-hydrogen) atoms. The highest BCUT2D eigenvalue weighted by atomic mass is 14.9. The third kappa shape index (κ3) is 5.34. The fourth-order valence-electron chi connectivity index (χ4n) is 3.24. The van der Waals surface area contributed by atoms with Gasteiger partial charge in [0.1, 0.15) is 0 Å². The molecule has 0 saturated heterocycles. The quantitative estimate of drug-likeness (QED) is 0.708. The lowest BCUT2D eigenvalue weighted by molar-refractivity contribution is 0.239. The van der Waals surface area contributed by atoms with Crippen LogP contribution in [0, 0.1) is 11.8 Å². The molecule has 1 rings (SSSR count). The molecule has 0 aromatic heterocycles. The van der Waals surface area contributed by atoms with Crippen LogP contribution in [-0.2, 0) is 0 Å². The number of rotatable bonds is 6. The Morgan fingerprint density at radius 3 is 2.56 bits per heavy atom. The third-order valence-corrected chi connectivity index (χ3v) is 3.83. The van der Waals surface area contributed by atoms with Gasteiger partial charge in [-0.15, -0.1) is 0 Å². The van der Waals surface area contributed by atoms with Crippen molar-refractivity contribution < 1.29 is 0 Å². The van der Waals surface area contributed by atoms with E-state index < -0.39 is 0 Å². The standard InChI is InChI=1S/C15H31N/c1-5-7-13(4)16-15-9-6-8-14(11-15)10-12(2)3/h12-16H,5-11H2,1-4H3. The van der Waals surface area contributed by atoms with Crippen LogP contribution in [0.2, 0.25) is 0 Å². The van der Waals surface area contributed by atoms with Crippen molar-refractivity contribution in [1.82, 2.24) is 5.32 Å². The maximum Gasteiger partial charge on any atom is 0.00721 e. The highest BCUT2D eigenvalue weighted by molar-refractivity contribution is 4.80. The van der Waals surface area contributed by atoms with Gasteiger partial charge in [0.15, 0.2) is 0 Å². The normalized spacial score (nSPS) is 28.3. The summed E-state index contributed by atoms with van der Waals surface area (Å²) in [6, 6.07) is 1.52. The fourth-order valence-corrected chi connectivity index (χ4v) is 3.24. The number of nitrogens with one attached hydrogen (secondary N) is 1. The van der Waals surface area contributed by atoms with Crippen LogP contribution in [0.1, 0.15) is 72.6 Å². The van der Waals surface area contributed by atoms with E-state index in [0.717, 1.165) is 17.9 Å². The predicted molar refractivity (Wildman–Crippen MR) is 72.7 cm³/mol. The van der Waals surface area contributed by atoms with Crippen molar-refractivity contribution in [1.29, 1.82) is 0 Å². The van der Waals surface area contributed by atoms with Crippen molar-refractivity contribution in [3.05, 3.63) is 0 Å². The van der Waals surface area contributed by atoms with Crippen LogP contribution < -0.4 is 5.32 Å². The van der Waals surface area contributed by atoms with Gasteiger partial charge < -0.3 is 5.32 Å². The Labute approximate surface area is 102 Å². The minimum Gasteiger partial charge on any atom is -0.311 e. The largest absolute Gasteiger partial charge is 0.311 e. The molecule has 1 heteroatoms. The SMILES string of the molecule is CCCC(C)NC1CCCC(CC(C)C)C1. The second-order valence-corrected chi connectivity index (χ2v) is 6.22. The second-order valence-electron chi connectivity index (χ2n) is 6.22. The zero-order valence-electron chi connectivity index (χ0n) is 11.8. The Morgan fingerprint density at radius 1 is 1.19 bits per heavy atom. The maximum atomic E-state index is 3.82. The average molecular weight is 225 g/mol. The molecular weight excluding hydrogens is 194 g/mol. The minimum absolute atomic E-state index is 0.716. The summed E-state index contributed by atoms with van der Waals surface area (Å²) in [4.78, 5) is 0. The van der Waals surface area contributed by atoms with E-state index in [-0.39, 0.29) is 0 Å². The molecule has 1 saturated carbocycles. The van der Waals surface area contributed by atoms with Crippen molar-refractivity contribution in [2.45, 2.75) is 84.7 Å². The average Bonchev–Trinajstić information content (AvgIpc) is 2.17. The molecule has 1 N–H and O–H groups in total. The molecule has 0 radical (unpaired) electrons. The monoisotopic (exact) mass is 225 g/mol. The van der Waals surface area contributed by atoms with E-state index in [0.29, 0.717) is 6.04 Å². The summed E-state index contributed by atoms with van der Waals surface area (Å²) < 4.78 is 0. The molecule has 3 atom stereocenters. The van der Waals surface area contributed by atoms with Gasteiger partial charge in [0.2, 0.25) is 0 Å². The molecule has 0 aromatic rings. The smallest absolute Gasteiger partial charge is 0.00721 e. The maximum absolute atomic E-state index is 3.82. The lowest BCUT2D eigenvalue weighted by Crippen LogP contribution is -2.39. The number of hydrogen-bond donors (Lipinski definition) is 1. The van der Waals surface area contributed by atoms with E-state index in [1.165, 1.54) is 44.9 Å². The Bertz CT molecular complexity index is 176. The first kappa shape index (κ1) is 14.0. The first-order valence-electron chi connectivity index (χ1n) is 7.37. The summed E-state index contributed by atoms with van der Waals surface area (Å²) >= 11 is 0. The molecule has 96 valence electrons. The lowest BCUT2D eigenvalue weighted by atomic mass is 9.81. The molecular formula is C15H31N. The first-order chi connectivity index (χ1) is 7.61. The molecule has 0 spiro atoms. The van der Waals surface area contributed by atoms with Crippen molar-refractivity contribution in [3.8, 4) is 0 Å². The van der Waals surface area contributed by atoms with Crippen LogP contribution in [0.5, 0.6) is 0 Å². The highest BCUT2D eigenvalue weighted by Gasteiger charge is 2.23. The lowest BCUT2D eigenvalue weighted by Gasteiger charge is -2.32.